The quantitative estimate of drug-likeness (QED) is 0.669. The van der Waals surface area contributed by atoms with Crippen LogP contribution in [0.4, 0.5) is 4.39 Å². The summed E-state index contributed by atoms with van der Waals surface area (Å²) in [7, 11) is 1.51. The number of ether oxygens (including phenoxy) is 2. The molecule has 1 aliphatic heterocycles. The van der Waals surface area contributed by atoms with Crippen molar-refractivity contribution in [2.45, 2.75) is 37.9 Å². The summed E-state index contributed by atoms with van der Waals surface area (Å²) in [6, 6.07) is 4.24. The minimum atomic E-state index is -1.37. The molecule has 1 aromatic rings. The summed E-state index contributed by atoms with van der Waals surface area (Å²) < 4.78 is 24.3. The lowest BCUT2D eigenvalue weighted by Crippen LogP contribution is -2.55. The Balaban J connectivity index is 2.29. The summed E-state index contributed by atoms with van der Waals surface area (Å²) in [5, 5.41) is 25.1. The van der Waals surface area contributed by atoms with Crippen LogP contribution in [0.2, 0.25) is 0 Å². The number of rotatable bonds is 8. The Morgan fingerprint density at radius 1 is 1.42 bits per heavy atom. The maximum absolute atomic E-state index is 13.7. The van der Waals surface area contributed by atoms with Crippen LogP contribution in [0.25, 0.3) is 0 Å². The van der Waals surface area contributed by atoms with Gasteiger partial charge in [0.15, 0.2) is 0 Å². The van der Waals surface area contributed by atoms with Crippen molar-refractivity contribution in [1.82, 2.24) is 5.32 Å². The number of aliphatic hydroxyl groups is 2. The van der Waals surface area contributed by atoms with Gasteiger partial charge in [0.25, 0.3) is 0 Å². The molecular formula is C18H28FNO4. The number of nitrogens with one attached hydrogen (secondary N) is 1. The molecule has 6 heteroatoms. The lowest BCUT2D eigenvalue weighted by Gasteiger charge is -2.42. The van der Waals surface area contributed by atoms with Crippen LogP contribution in [0.15, 0.2) is 18.2 Å². The standard InChI is InChI=1S/C18H28FNO4/c1-3-20-12-17(21)18(22,14-6-8-24-9-7-14)11-13-10-15(19)4-5-16(13)23-2/h4-5,10,14,17,20-22H,3,6-9,11-12H2,1-2H3/t17-,18+/m0/s1. The second-order valence-corrected chi connectivity index (χ2v) is 6.33. The van der Waals surface area contributed by atoms with Crippen LogP contribution >= 0.6 is 0 Å². The zero-order valence-corrected chi connectivity index (χ0v) is 14.4. The van der Waals surface area contributed by atoms with Crippen LogP contribution in [0, 0.1) is 11.7 Å². The van der Waals surface area contributed by atoms with Gasteiger partial charge in [-0.15, -0.1) is 0 Å². The lowest BCUT2D eigenvalue weighted by molar-refractivity contribution is -0.134. The van der Waals surface area contributed by atoms with Crippen LogP contribution in [0.5, 0.6) is 5.75 Å². The molecule has 24 heavy (non-hydrogen) atoms. The van der Waals surface area contributed by atoms with Gasteiger partial charge in [-0.2, -0.15) is 0 Å². The Labute approximate surface area is 142 Å². The molecule has 0 unspecified atom stereocenters. The molecule has 0 aromatic heterocycles. The first-order valence-electron chi connectivity index (χ1n) is 8.52. The molecule has 0 bridgehead atoms. The first-order valence-corrected chi connectivity index (χ1v) is 8.52. The molecule has 0 saturated carbocycles. The van der Waals surface area contributed by atoms with Crippen molar-refractivity contribution in [3.63, 3.8) is 0 Å². The van der Waals surface area contributed by atoms with Crippen LogP contribution in [0.1, 0.15) is 25.3 Å². The zero-order chi connectivity index (χ0) is 17.6. The molecule has 0 amide bonds. The van der Waals surface area contributed by atoms with Crippen LogP contribution in [0.3, 0.4) is 0 Å². The molecule has 0 aliphatic carbocycles. The van der Waals surface area contributed by atoms with E-state index in [2.05, 4.69) is 5.32 Å². The first-order chi connectivity index (χ1) is 11.5. The molecule has 5 nitrogen and oxygen atoms in total. The van der Waals surface area contributed by atoms with Gasteiger partial charge in [0.2, 0.25) is 0 Å². The second-order valence-electron chi connectivity index (χ2n) is 6.33. The maximum atomic E-state index is 13.7. The van der Waals surface area contributed by atoms with Crippen molar-refractivity contribution in [3.8, 4) is 5.75 Å². The highest BCUT2D eigenvalue weighted by atomic mass is 19.1. The molecule has 3 N–H and O–H groups in total. The number of likely N-dealkylation sites (N-methyl/N-ethyl adjacent to an activating group) is 1. The smallest absolute Gasteiger partial charge is 0.123 e. The van der Waals surface area contributed by atoms with E-state index in [1.165, 1.54) is 19.2 Å². The first kappa shape index (κ1) is 19.1. The summed E-state index contributed by atoms with van der Waals surface area (Å²) in [6.45, 7) is 4.03. The largest absolute Gasteiger partial charge is 0.496 e. The molecule has 0 radical (unpaired) electrons. The number of aliphatic hydroxyl groups excluding tert-OH is 1. The average molecular weight is 341 g/mol. The highest BCUT2D eigenvalue weighted by molar-refractivity contribution is 5.35. The molecule has 0 spiro atoms. The Morgan fingerprint density at radius 3 is 2.75 bits per heavy atom. The normalized spacial score (nSPS) is 19.7. The third-order valence-corrected chi connectivity index (χ3v) is 4.81. The number of hydrogen-bond acceptors (Lipinski definition) is 5. The highest BCUT2D eigenvalue weighted by Crippen LogP contribution is 2.35. The van der Waals surface area contributed by atoms with E-state index in [-0.39, 0.29) is 24.7 Å². The van der Waals surface area contributed by atoms with E-state index in [0.29, 0.717) is 43.9 Å². The minimum absolute atomic E-state index is 0.118. The van der Waals surface area contributed by atoms with Crippen LogP contribution < -0.4 is 10.1 Å². The molecule has 136 valence electrons. The molecular weight excluding hydrogens is 313 g/mol. The fraction of sp³-hybridized carbons (Fsp3) is 0.667. The summed E-state index contributed by atoms with van der Waals surface area (Å²) in [5.74, 6) is 0.00622. The summed E-state index contributed by atoms with van der Waals surface area (Å²) in [6.07, 6.45) is 0.494. The summed E-state index contributed by atoms with van der Waals surface area (Å²) in [5.41, 5.74) is -0.811. The summed E-state index contributed by atoms with van der Waals surface area (Å²) in [4.78, 5) is 0. The van der Waals surface area contributed by atoms with E-state index in [1.807, 2.05) is 6.92 Å². The molecule has 1 aromatic carbocycles. The highest BCUT2D eigenvalue weighted by Gasteiger charge is 2.44. The monoisotopic (exact) mass is 341 g/mol. The van der Waals surface area contributed by atoms with Crippen LogP contribution in [-0.4, -0.2) is 55.3 Å². The molecule has 2 rings (SSSR count). The van der Waals surface area contributed by atoms with Gasteiger partial charge in [0.05, 0.1) is 18.8 Å². The van der Waals surface area contributed by atoms with E-state index in [1.54, 1.807) is 6.07 Å². The van der Waals surface area contributed by atoms with Crippen LogP contribution in [-0.2, 0) is 11.2 Å². The third kappa shape index (κ3) is 4.45. The predicted octanol–water partition coefficient (Wildman–Crippen LogP) is 1.50. The predicted molar refractivity (Wildman–Crippen MR) is 89.7 cm³/mol. The SMILES string of the molecule is CCNC[C@H](O)[C@@](O)(Cc1cc(F)ccc1OC)C1CCOCC1. The minimum Gasteiger partial charge on any atom is -0.496 e. The van der Waals surface area contributed by atoms with E-state index in [0.717, 1.165) is 0 Å². The summed E-state index contributed by atoms with van der Waals surface area (Å²) >= 11 is 0. The number of methoxy groups -OCH3 is 1. The van der Waals surface area contributed by atoms with Crippen molar-refractivity contribution in [2.24, 2.45) is 5.92 Å². The van der Waals surface area contributed by atoms with Crippen molar-refractivity contribution < 1.29 is 24.1 Å². The van der Waals surface area contributed by atoms with Crippen molar-refractivity contribution >= 4 is 0 Å². The van der Waals surface area contributed by atoms with Gasteiger partial charge in [-0.25, -0.2) is 4.39 Å². The van der Waals surface area contributed by atoms with Gasteiger partial charge < -0.3 is 25.0 Å². The lowest BCUT2D eigenvalue weighted by atomic mass is 9.74. The fourth-order valence-electron chi connectivity index (χ4n) is 3.38. The third-order valence-electron chi connectivity index (χ3n) is 4.81. The number of benzene rings is 1. The van der Waals surface area contributed by atoms with Crippen molar-refractivity contribution in [3.05, 3.63) is 29.6 Å². The molecule has 1 heterocycles. The van der Waals surface area contributed by atoms with E-state index in [9.17, 15) is 14.6 Å². The topological polar surface area (TPSA) is 71.0 Å². The van der Waals surface area contributed by atoms with Gasteiger partial charge in [-0.05, 0) is 49.1 Å². The van der Waals surface area contributed by atoms with Crippen molar-refractivity contribution in [1.29, 1.82) is 0 Å². The zero-order valence-electron chi connectivity index (χ0n) is 14.4. The Bertz CT molecular complexity index is 522. The van der Waals surface area contributed by atoms with Gasteiger partial charge >= 0.3 is 0 Å². The molecule has 1 fully saturated rings. The van der Waals surface area contributed by atoms with Gasteiger partial charge in [0, 0.05) is 26.2 Å². The molecule has 1 saturated heterocycles. The Hall–Kier alpha value is -1.21. The average Bonchev–Trinajstić information content (AvgIpc) is 2.60. The van der Waals surface area contributed by atoms with Crippen molar-refractivity contribution in [2.75, 3.05) is 33.4 Å². The number of hydrogen-bond donors (Lipinski definition) is 3. The molecule has 2 atom stereocenters. The Kier molecular flexibility index (Phi) is 6.98. The van der Waals surface area contributed by atoms with E-state index in [4.69, 9.17) is 9.47 Å². The number of halogens is 1. The van der Waals surface area contributed by atoms with Gasteiger partial charge in [-0.1, -0.05) is 6.92 Å². The van der Waals surface area contributed by atoms with Gasteiger partial charge in [-0.3, -0.25) is 0 Å². The van der Waals surface area contributed by atoms with E-state index < -0.39 is 11.7 Å². The Morgan fingerprint density at radius 2 is 2.12 bits per heavy atom. The maximum Gasteiger partial charge on any atom is 0.123 e. The van der Waals surface area contributed by atoms with E-state index >= 15 is 0 Å². The molecule has 1 aliphatic rings. The second kappa shape index (κ2) is 8.76. The fourth-order valence-corrected chi connectivity index (χ4v) is 3.38. The van der Waals surface area contributed by atoms with Gasteiger partial charge in [0.1, 0.15) is 11.6 Å².